The summed E-state index contributed by atoms with van der Waals surface area (Å²) in [5, 5.41) is 11.2. The summed E-state index contributed by atoms with van der Waals surface area (Å²) in [6.45, 7) is 6.22. The largest absolute Gasteiger partial charge is 0.296 e. The molecule has 5 heteroatoms. The number of nitro benzene ring substituents is 1. The second kappa shape index (κ2) is 7.23. The Morgan fingerprint density at radius 2 is 2.05 bits per heavy atom. The lowest BCUT2D eigenvalue weighted by molar-refractivity contribution is -0.384. The first-order chi connectivity index (χ1) is 9.97. The summed E-state index contributed by atoms with van der Waals surface area (Å²) < 4.78 is 0. The number of rotatable bonds is 6. The summed E-state index contributed by atoms with van der Waals surface area (Å²) in [5.74, 6) is 0.591. The molecule has 0 spiro atoms. The number of hydrogen-bond acceptors (Lipinski definition) is 3. The average Bonchev–Trinajstić information content (AvgIpc) is 2.93. The molecule has 0 aliphatic heterocycles. The Kier molecular flexibility index (Phi) is 5.59. The van der Waals surface area contributed by atoms with Gasteiger partial charge in [-0.1, -0.05) is 44.4 Å². The molecule has 1 aromatic rings. The van der Waals surface area contributed by atoms with Gasteiger partial charge in [0, 0.05) is 25.2 Å². The van der Waals surface area contributed by atoms with Crippen LogP contribution in [-0.4, -0.2) is 22.4 Å². The molecule has 0 heterocycles. The summed E-state index contributed by atoms with van der Waals surface area (Å²) in [6.07, 6.45) is 5.06. The van der Waals surface area contributed by atoms with Crippen molar-refractivity contribution in [1.82, 2.24) is 4.90 Å². The van der Waals surface area contributed by atoms with Crippen molar-refractivity contribution in [1.29, 1.82) is 0 Å². The van der Waals surface area contributed by atoms with E-state index in [1.807, 2.05) is 6.07 Å². The third-order valence-electron chi connectivity index (χ3n) is 4.03. The summed E-state index contributed by atoms with van der Waals surface area (Å²) in [7, 11) is 0. The van der Waals surface area contributed by atoms with Crippen molar-refractivity contribution in [2.24, 2.45) is 5.92 Å². The van der Waals surface area contributed by atoms with E-state index in [4.69, 9.17) is 11.6 Å². The van der Waals surface area contributed by atoms with Crippen LogP contribution in [0.4, 0.5) is 5.69 Å². The minimum absolute atomic E-state index is 0.00471. The highest BCUT2D eigenvalue weighted by Gasteiger charge is 2.24. The van der Waals surface area contributed by atoms with Gasteiger partial charge in [0.25, 0.3) is 5.69 Å². The van der Waals surface area contributed by atoms with Gasteiger partial charge < -0.3 is 0 Å². The van der Waals surface area contributed by atoms with E-state index in [0.29, 0.717) is 12.0 Å². The van der Waals surface area contributed by atoms with Crippen LogP contribution in [0, 0.1) is 16.0 Å². The average molecular weight is 311 g/mol. The molecule has 0 saturated heterocycles. The molecule has 1 aromatic carbocycles. The number of hydrogen-bond donors (Lipinski definition) is 0. The van der Waals surface area contributed by atoms with Gasteiger partial charge in [-0.2, -0.15) is 0 Å². The lowest BCUT2D eigenvalue weighted by Gasteiger charge is -2.30. The monoisotopic (exact) mass is 310 g/mol. The van der Waals surface area contributed by atoms with Crippen LogP contribution < -0.4 is 0 Å². The Morgan fingerprint density at radius 1 is 1.38 bits per heavy atom. The topological polar surface area (TPSA) is 46.4 Å². The molecule has 116 valence electrons. The van der Waals surface area contributed by atoms with Crippen LogP contribution in [-0.2, 0) is 6.54 Å². The van der Waals surface area contributed by atoms with Crippen molar-refractivity contribution >= 4 is 17.3 Å². The molecule has 1 fully saturated rings. The van der Waals surface area contributed by atoms with Crippen LogP contribution in [0.3, 0.4) is 0 Å². The van der Waals surface area contributed by atoms with Crippen LogP contribution in [0.15, 0.2) is 18.2 Å². The van der Waals surface area contributed by atoms with Crippen molar-refractivity contribution in [2.45, 2.75) is 52.1 Å². The highest BCUT2D eigenvalue weighted by molar-refractivity contribution is 6.32. The normalized spacial score (nSPS) is 16.0. The predicted octanol–water partition coefficient (Wildman–Crippen LogP) is 4.65. The standard InChI is InChI=1S/C16H23ClN2O2/c1-12(2)10-18(14-5-3-4-6-14)11-13-7-8-15(17)16(9-13)19(20)21/h7-9,12,14H,3-6,10-11H2,1-2H3. The van der Waals surface area contributed by atoms with Gasteiger partial charge >= 0.3 is 0 Å². The van der Waals surface area contributed by atoms with Crippen molar-refractivity contribution in [3.63, 3.8) is 0 Å². The van der Waals surface area contributed by atoms with Crippen molar-refractivity contribution < 1.29 is 4.92 Å². The zero-order valence-electron chi connectivity index (χ0n) is 12.7. The van der Waals surface area contributed by atoms with Gasteiger partial charge in [0.2, 0.25) is 0 Å². The summed E-state index contributed by atoms with van der Waals surface area (Å²) in [4.78, 5) is 13.1. The van der Waals surface area contributed by atoms with Crippen LogP contribution in [0.1, 0.15) is 45.1 Å². The highest BCUT2D eigenvalue weighted by atomic mass is 35.5. The van der Waals surface area contributed by atoms with Crippen LogP contribution in [0.25, 0.3) is 0 Å². The summed E-state index contributed by atoms with van der Waals surface area (Å²) in [6, 6.07) is 5.77. The fourth-order valence-corrected chi connectivity index (χ4v) is 3.30. The molecule has 0 bridgehead atoms. The van der Waals surface area contributed by atoms with Crippen LogP contribution in [0.2, 0.25) is 5.02 Å². The van der Waals surface area contributed by atoms with E-state index < -0.39 is 4.92 Å². The van der Waals surface area contributed by atoms with Gasteiger partial charge in [-0.15, -0.1) is 0 Å². The fraction of sp³-hybridized carbons (Fsp3) is 0.625. The van der Waals surface area contributed by atoms with Gasteiger partial charge in [0.15, 0.2) is 0 Å². The molecule has 1 aliphatic rings. The molecule has 0 amide bonds. The lowest BCUT2D eigenvalue weighted by atomic mass is 10.1. The van der Waals surface area contributed by atoms with Crippen molar-refractivity contribution in [3.05, 3.63) is 38.9 Å². The molecular formula is C16H23ClN2O2. The molecule has 0 N–H and O–H groups in total. The first-order valence-electron chi connectivity index (χ1n) is 7.64. The first-order valence-corrected chi connectivity index (χ1v) is 8.02. The molecule has 0 radical (unpaired) electrons. The van der Waals surface area contributed by atoms with Gasteiger partial charge in [0.1, 0.15) is 5.02 Å². The highest BCUT2D eigenvalue weighted by Crippen LogP contribution is 2.29. The van der Waals surface area contributed by atoms with Gasteiger partial charge in [-0.3, -0.25) is 15.0 Å². The molecule has 0 aromatic heterocycles. The molecule has 0 atom stereocenters. The van der Waals surface area contributed by atoms with E-state index in [1.54, 1.807) is 12.1 Å². The third-order valence-corrected chi connectivity index (χ3v) is 4.35. The number of halogens is 1. The molecule has 1 saturated carbocycles. The Bertz CT molecular complexity index is 499. The molecular weight excluding hydrogens is 288 g/mol. The van der Waals surface area contributed by atoms with Crippen LogP contribution >= 0.6 is 11.6 Å². The fourth-order valence-electron chi connectivity index (χ4n) is 3.11. The van der Waals surface area contributed by atoms with Gasteiger partial charge in [-0.05, 0) is 30.4 Å². The van der Waals surface area contributed by atoms with Gasteiger partial charge in [0.05, 0.1) is 4.92 Å². The smallest absolute Gasteiger partial charge is 0.288 e. The van der Waals surface area contributed by atoms with E-state index in [-0.39, 0.29) is 10.7 Å². The molecule has 1 aliphatic carbocycles. The Labute approximate surface area is 131 Å². The van der Waals surface area contributed by atoms with E-state index in [9.17, 15) is 10.1 Å². The maximum atomic E-state index is 11.0. The maximum Gasteiger partial charge on any atom is 0.288 e. The predicted molar refractivity (Wildman–Crippen MR) is 85.6 cm³/mol. The minimum atomic E-state index is -0.409. The molecule has 0 unspecified atom stereocenters. The Balaban J connectivity index is 2.15. The summed E-state index contributed by atoms with van der Waals surface area (Å²) >= 11 is 5.88. The number of nitrogens with zero attached hydrogens (tertiary/aromatic N) is 2. The Hall–Kier alpha value is -1.13. The molecule has 2 rings (SSSR count). The summed E-state index contributed by atoms with van der Waals surface area (Å²) in [5.41, 5.74) is 0.976. The minimum Gasteiger partial charge on any atom is -0.296 e. The Morgan fingerprint density at radius 3 is 2.62 bits per heavy atom. The van der Waals surface area contributed by atoms with E-state index in [0.717, 1.165) is 18.7 Å². The first kappa shape index (κ1) is 16.2. The zero-order valence-corrected chi connectivity index (χ0v) is 13.5. The number of benzene rings is 1. The molecule has 4 nitrogen and oxygen atoms in total. The second-order valence-corrected chi connectivity index (χ2v) is 6.71. The number of nitro groups is 1. The SMILES string of the molecule is CC(C)CN(Cc1ccc(Cl)c([N+](=O)[O-])c1)C1CCCC1. The maximum absolute atomic E-state index is 11.0. The van der Waals surface area contributed by atoms with Crippen LogP contribution in [0.5, 0.6) is 0 Å². The quantitative estimate of drug-likeness (QED) is 0.567. The van der Waals surface area contributed by atoms with Gasteiger partial charge in [-0.25, -0.2) is 0 Å². The van der Waals surface area contributed by atoms with Crippen molar-refractivity contribution in [3.8, 4) is 0 Å². The second-order valence-electron chi connectivity index (χ2n) is 6.30. The zero-order chi connectivity index (χ0) is 15.4. The van der Waals surface area contributed by atoms with E-state index in [1.165, 1.54) is 25.7 Å². The van der Waals surface area contributed by atoms with Crippen molar-refractivity contribution in [2.75, 3.05) is 6.54 Å². The lowest BCUT2D eigenvalue weighted by Crippen LogP contribution is -2.35. The molecule has 21 heavy (non-hydrogen) atoms. The third kappa shape index (κ3) is 4.42. The van der Waals surface area contributed by atoms with E-state index in [2.05, 4.69) is 18.7 Å². The van der Waals surface area contributed by atoms with E-state index >= 15 is 0 Å².